The molecule has 0 aliphatic carbocycles. The Labute approximate surface area is 136 Å². The lowest BCUT2D eigenvalue weighted by Crippen LogP contribution is -2.35. The molecule has 0 aromatic heterocycles. The second kappa shape index (κ2) is 8.48. The van der Waals surface area contributed by atoms with Gasteiger partial charge < -0.3 is 14.8 Å². The molecule has 1 aromatic carbocycles. The van der Waals surface area contributed by atoms with Crippen LogP contribution in [0.2, 0.25) is 5.02 Å². The number of amides is 1. The number of halogens is 1. The van der Waals surface area contributed by atoms with E-state index >= 15 is 0 Å². The number of rotatable bonds is 6. The Hall–Kier alpha value is -1.14. The third kappa shape index (κ3) is 4.95. The molecule has 2 rings (SSSR count). The number of benzene rings is 1. The van der Waals surface area contributed by atoms with E-state index in [4.69, 9.17) is 21.1 Å². The highest BCUT2D eigenvalue weighted by atomic mass is 35.5. The fourth-order valence-corrected chi connectivity index (χ4v) is 2.56. The molecule has 0 unspecified atom stereocenters. The summed E-state index contributed by atoms with van der Waals surface area (Å²) in [6, 6.07) is 5.62. The minimum Gasteiger partial charge on any atom is -0.379 e. The normalized spacial score (nSPS) is 17.2. The molecule has 1 amide bonds. The number of morpholine rings is 1. The van der Waals surface area contributed by atoms with Crippen molar-refractivity contribution in [2.75, 3.05) is 38.2 Å². The van der Waals surface area contributed by atoms with Crippen molar-refractivity contribution in [3.63, 3.8) is 0 Å². The maximum atomic E-state index is 11.9. The molecule has 5 nitrogen and oxygen atoms in total. The zero-order valence-corrected chi connectivity index (χ0v) is 13.9. The average Bonchev–Trinajstić information content (AvgIpc) is 2.51. The standard InChI is InChI=1S/C16H23ClN2O3/c1-3-22-12(2)16(20)18-14-5-4-13(15(17)10-14)11-19-6-8-21-9-7-19/h4-5,10,12H,3,6-9,11H2,1-2H3,(H,18,20)/t12-/m0/s1. The molecule has 0 bridgehead atoms. The molecule has 1 aliphatic rings. The molecule has 1 heterocycles. The third-order valence-corrected chi connectivity index (χ3v) is 3.96. The monoisotopic (exact) mass is 326 g/mol. The summed E-state index contributed by atoms with van der Waals surface area (Å²) >= 11 is 6.33. The van der Waals surface area contributed by atoms with Gasteiger partial charge in [0.1, 0.15) is 6.10 Å². The van der Waals surface area contributed by atoms with Gasteiger partial charge >= 0.3 is 0 Å². The lowest BCUT2D eigenvalue weighted by atomic mass is 10.1. The number of nitrogens with one attached hydrogen (secondary N) is 1. The first-order chi connectivity index (χ1) is 10.6. The van der Waals surface area contributed by atoms with Gasteiger partial charge in [0.25, 0.3) is 5.91 Å². The highest BCUT2D eigenvalue weighted by Crippen LogP contribution is 2.23. The van der Waals surface area contributed by atoms with Gasteiger partial charge in [0.05, 0.1) is 13.2 Å². The molecule has 0 saturated carbocycles. The van der Waals surface area contributed by atoms with E-state index in [-0.39, 0.29) is 5.91 Å². The first-order valence-electron chi connectivity index (χ1n) is 7.61. The van der Waals surface area contributed by atoms with Gasteiger partial charge in [-0.25, -0.2) is 0 Å². The lowest BCUT2D eigenvalue weighted by molar-refractivity contribution is -0.126. The highest BCUT2D eigenvalue weighted by Gasteiger charge is 2.15. The van der Waals surface area contributed by atoms with Crippen LogP contribution in [-0.4, -0.2) is 49.8 Å². The molecule has 1 aromatic rings. The summed E-state index contributed by atoms with van der Waals surface area (Å²) in [5, 5.41) is 3.48. The summed E-state index contributed by atoms with van der Waals surface area (Å²) in [5.41, 5.74) is 1.74. The molecular formula is C16H23ClN2O3. The molecule has 1 N–H and O–H groups in total. The van der Waals surface area contributed by atoms with Crippen LogP contribution in [0.3, 0.4) is 0 Å². The summed E-state index contributed by atoms with van der Waals surface area (Å²) < 4.78 is 10.6. The van der Waals surface area contributed by atoms with Crippen LogP contribution in [0.5, 0.6) is 0 Å². The Balaban J connectivity index is 1.95. The molecule has 1 atom stereocenters. The number of ether oxygens (including phenoxy) is 2. The second-order valence-corrected chi connectivity index (χ2v) is 5.69. The van der Waals surface area contributed by atoms with E-state index in [0.717, 1.165) is 38.4 Å². The Morgan fingerprint density at radius 3 is 2.82 bits per heavy atom. The van der Waals surface area contributed by atoms with Gasteiger partial charge in [-0.05, 0) is 31.5 Å². The quantitative estimate of drug-likeness (QED) is 0.873. The number of nitrogens with zero attached hydrogens (tertiary/aromatic N) is 1. The van der Waals surface area contributed by atoms with Gasteiger partial charge in [0.15, 0.2) is 0 Å². The zero-order valence-electron chi connectivity index (χ0n) is 13.1. The van der Waals surface area contributed by atoms with Crippen LogP contribution < -0.4 is 5.32 Å². The Kier molecular flexibility index (Phi) is 6.64. The molecule has 1 aliphatic heterocycles. The highest BCUT2D eigenvalue weighted by molar-refractivity contribution is 6.31. The largest absolute Gasteiger partial charge is 0.379 e. The van der Waals surface area contributed by atoms with Crippen LogP contribution in [0.15, 0.2) is 18.2 Å². The number of anilines is 1. The third-order valence-electron chi connectivity index (χ3n) is 3.60. The van der Waals surface area contributed by atoms with Gasteiger partial charge in [-0.1, -0.05) is 17.7 Å². The minimum absolute atomic E-state index is 0.168. The van der Waals surface area contributed by atoms with Crippen molar-refractivity contribution >= 4 is 23.2 Å². The number of carbonyl (C=O) groups excluding carboxylic acids is 1. The molecule has 1 fully saturated rings. The van der Waals surface area contributed by atoms with Crippen molar-refractivity contribution in [3.8, 4) is 0 Å². The van der Waals surface area contributed by atoms with Gasteiger partial charge in [-0.3, -0.25) is 9.69 Å². The zero-order chi connectivity index (χ0) is 15.9. The Morgan fingerprint density at radius 1 is 1.45 bits per heavy atom. The summed E-state index contributed by atoms with van der Waals surface area (Å²) in [7, 11) is 0. The van der Waals surface area contributed by atoms with Crippen LogP contribution in [0.25, 0.3) is 0 Å². The fourth-order valence-electron chi connectivity index (χ4n) is 2.32. The van der Waals surface area contributed by atoms with Gasteiger partial charge in [0.2, 0.25) is 0 Å². The summed E-state index contributed by atoms with van der Waals surface area (Å²) in [5.74, 6) is -0.168. The van der Waals surface area contributed by atoms with Gasteiger partial charge in [-0.2, -0.15) is 0 Å². The molecular weight excluding hydrogens is 304 g/mol. The summed E-state index contributed by atoms with van der Waals surface area (Å²) in [4.78, 5) is 14.2. The van der Waals surface area contributed by atoms with E-state index in [1.54, 1.807) is 13.0 Å². The first kappa shape index (κ1) is 17.2. The average molecular weight is 327 g/mol. The fraction of sp³-hybridized carbons (Fsp3) is 0.562. The number of carbonyl (C=O) groups is 1. The van der Waals surface area contributed by atoms with E-state index < -0.39 is 6.10 Å². The molecule has 22 heavy (non-hydrogen) atoms. The molecule has 122 valence electrons. The molecule has 0 spiro atoms. The van der Waals surface area contributed by atoms with Crippen molar-refractivity contribution in [2.45, 2.75) is 26.5 Å². The van der Waals surface area contributed by atoms with E-state index in [1.807, 2.05) is 19.1 Å². The molecule has 6 heteroatoms. The Bertz CT molecular complexity index is 504. The predicted octanol–water partition coefficient (Wildman–Crippen LogP) is 2.54. The van der Waals surface area contributed by atoms with Crippen molar-refractivity contribution in [2.24, 2.45) is 0 Å². The van der Waals surface area contributed by atoms with Crippen molar-refractivity contribution in [1.82, 2.24) is 4.90 Å². The summed E-state index contributed by atoms with van der Waals surface area (Å²) in [6.07, 6.45) is -0.475. The van der Waals surface area contributed by atoms with Crippen molar-refractivity contribution < 1.29 is 14.3 Å². The van der Waals surface area contributed by atoms with E-state index in [0.29, 0.717) is 17.3 Å². The van der Waals surface area contributed by atoms with Crippen molar-refractivity contribution in [1.29, 1.82) is 0 Å². The minimum atomic E-state index is -0.475. The van der Waals surface area contributed by atoms with Crippen LogP contribution in [0.4, 0.5) is 5.69 Å². The second-order valence-electron chi connectivity index (χ2n) is 5.28. The predicted molar refractivity (Wildman–Crippen MR) is 87.3 cm³/mol. The van der Waals surface area contributed by atoms with E-state index in [2.05, 4.69) is 10.2 Å². The first-order valence-corrected chi connectivity index (χ1v) is 7.99. The summed E-state index contributed by atoms with van der Waals surface area (Å²) in [6.45, 7) is 8.26. The maximum Gasteiger partial charge on any atom is 0.253 e. The van der Waals surface area contributed by atoms with E-state index in [1.165, 1.54) is 0 Å². The number of hydrogen-bond acceptors (Lipinski definition) is 4. The van der Waals surface area contributed by atoms with Crippen LogP contribution in [0, 0.1) is 0 Å². The van der Waals surface area contributed by atoms with Crippen LogP contribution in [0.1, 0.15) is 19.4 Å². The topological polar surface area (TPSA) is 50.8 Å². The SMILES string of the molecule is CCO[C@@H](C)C(=O)Nc1ccc(CN2CCOCC2)c(Cl)c1. The lowest BCUT2D eigenvalue weighted by Gasteiger charge is -2.27. The number of hydrogen-bond donors (Lipinski definition) is 1. The van der Waals surface area contributed by atoms with Crippen molar-refractivity contribution in [3.05, 3.63) is 28.8 Å². The molecule has 0 radical (unpaired) electrons. The van der Waals surface area contributed by atoms with Gasteiger partial charge in [0, 0.05) is 37.0 Å². The van der Waals surface area contributed by atoms with E-state index in [9.17, 15) is 4.79 Å². The molecule has 1 saturated heterocycles. The Morgan fingerprint density at radius 2 is 2.18 bits per heavy atom. The van der Waals surface area contributed by atoms with Crippen LogP contribution >= 0.6 is 11.6 Å². The van der Waals surface area contributed by atoms with Gasteiger partial charge in [-0.15, -0.1) is 0 Å². The maximum absolute atomic E-state index is 11.9. The smallest absolute Gasteiger partial charge is 0.253 e. The van der Waals surface area contributed by atoms with Crippen LogP contribution in [-0.2, 0) is 20.8 Å².